The van der Waals surface area contributed by atoms with Gasteiger partial charge in [-0.1, -0.05) is 12.1 Å². The molecule has 82 valence electrons. The minimum absolute atomic E-state index is 0.0101. The molecule has 0 radical (unpaired) electrons. The highest BCUT2D eigenvalue weighted by Crippen LogP contribution is 2.20. The zero-order valence-corrected chi connectivity index (χ0v) is 9.24. The maximum Gasteiger partial charge on any atom is 0.228 e. The van der Waals surface area contributed by atoms with Gasteiger partial charge >= 0.3 is 0 Å². The Morgan fingerprint density at radius 1 is 1.38 bits per heavy atom. The van der Waals surface area contributed by atoms with Gasteiger partial charge in [0.2, 0.25) is 5.91 Å². The number of amidine groups is 1. The molecule has 0 unspecified atom stereocenters. The van der Waals surface area contributed by atoms with Crippen LogP contribution in [0.25, 0.3) is 10.9 Å². The number of nitrogens with one attached hydrogen (secondary N) is 1. The molecule has 0 amide bonds. The number of benzene rings is 1. The number of aryl methyl sites for hydroxylation is 1. The van der Waals surface area contributed by atoms with Crippen molar-refractivity contribution in [1.82, 2.24) is 4.57 Å². The van der Waals surface area contributed by atoms with Gasteiger partial charge in [-0.25, -0.2) is 0 Å². The van der Waals surface area contributed by atoms with E-state index in [1.54, 1.807) is 16.7 Å². The number of carbonyl (C=O) groups is 1. The molecule has 0 fully saturated rings. The second kappa shape index (κ2) is 3.48. The van der Waals surface area contributed by atoms with Gasteiger partial charge in [-0.3, -0.25) is 14.8 Å². The quantitative estimate of drug-likeness (QED) is 0.563. The Morgan fingerprint density at radius 2 is 2.06 bits per heavy atom. The van der Waals surface area contributed by atoms with E-state index < -0.39 is 0 Å². The molecule has 3 N–H and O–H groups in total. The van der Waals surface area contributed by atoms with Crippen LogP contribution in [0.2, 0.25) is 0 Å². The maximum absolute atomic E-state index is 11.5. The lowest BCUT2D eigenvalue weighted by Crippen LogP contribution is -2.12. The van der Waals surface area contributed by atoms with E-state index in [1.807, 2.05) is 19.1 Å². The Labute approximate surface area is 93.2 Å². The van der Waals surface area contributed by atoms with Gasteiger partial charge in [0.25, 0.3) is 0 Å². The van der Waals surface area contributed by atoms with E-state index in [4.69, 9.17) is 11.1 Å². The zero-order valence-electron chi connectivity index (χ0n) is 9.24. The summed E-state index contributed by atoms with van der Waals surface area (Å²) in [5.41, 5.74) is 7.75. The van der Waals surface area contributed by atoms with Crippen LogP contribution in [0, 0.1) is 12.3 Å². The highest BCUT2D eigenvalue weighted by molar-refractivity contribution is 6.00. The molecule has 0 saturated carbocycles. The second-order valence-corrected chi connectivity index (χ2v) is 3.83. The topological polar surface area (TPSA) is 71.9 Å². The largest absolute Gasteiger partial charge is 0.384 e. The minimum Gasteiger partial charge on any atom is -0.384 e. The van der Waals surface area contributed by atoms with Crippen molar-refractivity contribution in [2.24, 2.45) is 5.73 Å². The van der Waals surface area contributed by atoms with Crippen LogP contribution in [-0.4, -0.2) is 16.3 Å². The molecule has 0 spiro atoms. The molecule has 0 aliphatic heterocycles. The van der Waals surface area contributed by atoms with Crippen LogP contribution in [0.4, 0.5) is 0 Å². The summed E-state index contributed by atoms with van der Waals surface area (Å²) in [4.78, 5) is 11.5. The molecule has 0 bridgehead atoms. The summed E-state index contributed by atoms with van der Waals surface area (Å²) in [6.45, 7) is 3.40. The first-order valence-corrected chi connectivity index (χ1v) is 4.98. The van der Waals surface area contributed by atoms with E-state index in [-0.39, 0.29) is 11.7 Å². The summed E-state index contributed by atoms with van der Waals surface area (Å²) in [7, 11) is 0. The number of nitrogen functional groups attached to an aromatic ring is 1. The lowest BCUT2D eigenvalue weighted by atomic mass is 10.1. The lowest BCUT2D eigenvalue weighted by molar-refractivity contribution is 0.0940. The Kier molecular flexibility index (Phi) is 2.27. The maximum atomic E-state index is 11.5. The van der Waals surface area contributed by atoms with Crippen molar-refractivity contribution in [3.63, 3.8) is 0 Å². The van der Waals surface area contributed by atoms with E-state index in [0.717, 1.165) is 16.6 Å². The Morgan fingerprint density at radius 3 is 2.62 bits per heavy atom. The minimum atomic E-state index is -0.0341. The fraction of sp³-hybridized carbons (Fsp3) is 0.167. The van der Waals surface area contributed by atoms with Gasteiger partial charge in [0.05, 0.1) is 5.52 Å². The van der Waals surface area contributed by atoms with Gasteiger partial charge in [-0.2, -0.15) is 0 Å². The normalized spacial score (nSPS) is 10.6. The predicted octanol–water partition coefficient (Wildman–Crippen LogP) is 1.89. The SMILES string of the molecule is CC(=O)n1c(C)cc2ccc(C(=N)N)cc21. The van der Waals surface area contributed by atoms with Gasteiger partial charge < -0.3 is 5.73 Å². The van der Waals surface area contributed by atoms with Crippen LogP contribution in [0.3, 0.4) is 0 Å². The summed E-state index contributed by atoms with van der Waals surface area (Å²) in [6, 6.07) is 7.37. The number of hydrogen-bond donors (Lipinski definition) is 2. The third-order valence-corrected chi connectivity index (χ3v) is 2.61. The van der Waals surface area contributed by atoms with Crippen LogP contribution in [-0.2, 0) is 0 Å². The first-order valence-electron chi connectivity index (χ1n) is 4.98. The second-order valence-electron chi connectivity index (χ2n) is 3.83. The smallest absolute Gasteiger partial charge is 0.228 e. The van der Waals surface area contributed by atoms with Gasteiger partial charge in [0, 0.05) is 23.6 Å². The number of carbonyl (C=O) groups excluding carboxylic acids is 1. The van der Waals surface area contributed by atoms with Crippen LogP contribution >= 0.6 is 0 Å². The first kappa shape index (κ1) is 10.4. The van der Waals surface area contributed by atoms with E-state index in [1.165, 1.54) is 6.92 Å². The summed E-state index contributed by atoms with van der Waals surface area (Å²) in [6.07, 6.45) is 0. The number of nitrogens with two attached hydrogens (primary N) is 1. The molecule has 0 aliphatic rings. The summed E-state index contributed by atoms with van der Waals surface area (Å²) in [5, 5.41) is 8.36. The third kappa shape index (κ3) is 1.48. The molecule has 4 heteroatoms. The van der Waals surface area contributed by atoms with Gasteiger partial charge in [0.15, 0.2) is 0 Å². The molecule has 0 aliphatic carbocycles. The van der Waals surface area contributed by atoms with E-state index in [9.17, 15) is 4.79 Å². The number of rotatable bonds is 1. The van der Waals surface area contributed by atoms with E-state index >= 15 is 0 Å². The van der Waals surface area contributed by atoms with Gasteiger partial charge in [0.1, 0.15) is 5.84 Å². The third-order valence-electron chi connectivity index (χ3n) is 2.61. The number of hydrogen-bond acceptors (Lipinski definition) is 2. The molecule has 1 aromatic carbocycles. The first-order chi connectivity index (χ1) is 7.50. The van der Waals surface area contributed by atoms with Crippen LogP contribution in [0.15, 0.2) is 24.3 Å². The number of nitrogens with zero attached hydrogens (tertiary/aromatic N) is 1. The number of fused-ring (bicyclic) bond motifs is 1. The Hall–Kier alpha value is -2.10. The highest BCUT2D eigenvalue weighted by Gasteiger charge is 2.10. The molecule has 0 saturated heterocycles. The van der Waals surface area contributed by atoms with E-state index in [2.05, 4.69) is 0 Å². The Bertz CT molecular complexity index is 596. The average Bonchev–Trinajstić information content (AvgIpc) is 2.51. The van der Waals surface area contributed by atoms with Crippen LogP contribution in [0.1, 0.15) is 23.0 Å². The van der Waals surface area contributed by atoms with Crippen molar-refractivity contribution in [2.45, 2.75) is 13.8 Å². The standard InChI is InChI=1S/C12H13N3O/c1-7-5-9-3-4-10(12(13)14)6-11(9)15(7)8(2)16/h3-6H,1-2H3,(H3,13,14). The van der Waals surface area contributed by atoms with Crippen molar-refractivity contribution in [1.29, 1.82) is 5.41 Å². The van der Waals surface area contributed by atoms with Crippen LogP contribution in [0.5, 0.6) is 0 Å². The zero-order chi connectivity index (χ0) is 11.9. The molecule has 1 aromatic heterocycles. The highest BCUT2D eigenvalue weighted by atomic mass is 16.1. The summed E-state index contributed by atoms with van der Waals surface area (Å²) >= 11 is 0. The average molecular weight is 215 g/mol. The summed E-state index contributed by atoms with van der Waals surface area (Å²) in [5.74, 6) is -0.0240. The van der Waals surface area contributed by atoms with Crippen molar-refractivity contribution in [3.8, 4) is 0 Å². The monoisotopic (exact) mass is 215 g/mol. The Balaban J connectivity index is 2.79. The van der Waals surface area contributed by atoms with Crippen LogP contribution < -0.4 is 5.73 Å². The molecule has 4 nitrogen and oxygen atoms in total. The van der Waals surface area contributed by atoms with Crippen molar-refractivity contribution >= 4 is 22.6 Å². The fourth-order valence-corrected chi connectivity index (χ4v) is 1.92. The lowest BCUT2D eigenvalue weighted by Gasteiger charge is -2.04. The molecular formula is C12H13N3O. The van der Waals surface area contributed by atoms with Gasteiger partial charge in [-0.05, 0) is 19.1 Å². The van der Waals surface area contributed by atoms with Gasteiger partial charge in [-0.15, -0.1) is 0 Å². The number of aromatic nitrogens is 1. The molecule has 1 heterocycles. The van der Waals surface area contributed by atoms with Crippen molar-refractivity contribution in [2.75, 3.05) is 0 Å². The van der Waals surface area contributed by atoms with E-state index in [0.29, 0.717) is 5.56 Å². The fourth-order valence-electron chi connectivity index (χ4n) is 1.92. The summed E-state index contributed by atoms with van der Waals surface area (Å²) < 4.78 is 1.63. The molecule has 0 atom stereocenters. The molecule has 2 aromatic rings. The molecule has 16 heavy (non-hydrogen) atoms. The van der Waals surface area contributed by atoms with Crippen molar-refractivity contribution in [3.05, 3.63) is 35.5 Å². The van der Waals surface area contributed by atoms with Crippen molar-refractivity contribution < 1.29 is 4.79 Å². The molecular weight excluding hydrogens is 202 g/mol. The predicted molar refractivity (Wildman–Crippen MR) is 64.0 cm³/mol. The molecule has 2 rings (SSSR count).